The van der Waals surface area contributed by atoms with E-state index in [1.54, 1.807) is 64.1 Å². The van der Waals surface area contributed by atoms with Crippen molar-refractivity contribution in [2.24, 2.45) is 7.05 Å². The van der Waals surface area contributed by atoms with Crippen molar-refractivity contribution < 1.29 is 19.4 Å². The van der Waals surface area contributed by atoms with Crippen LogP contribution in [-0.2, 0) is 11.8 Å². The molecule has 0 aliphatic heterocycles. The summed E-state index contributed by atoms with van der Waals surface area (Å²) < 4.78 is 9.73. The Morgan fingerprint density at radius 3 is 2.47 bits per heavy atom. The van der Waals surface area contributed by atoms with Gasteiger partial charge in [0, 0.05) is 38.1 Å². The van der Waals surface area contributed by atoms with Crippen molar-refractivity contribution in [2.45, 2.75) is 33.3 Å². The quantitative estimate of drug-likeness (QED) is 0.427. The number of aromatic nitrogens is 6. The minimum atomic E-state index is -1.22. The smallest absolute Gasteiger partial charge is 0.415 e. The molecule has 4 aromatic rings. The van der Waals surface area contributed by atoms with E-state index in [1.165, 1.54) is 27.1 Å². The van der Waals surface area contributed by atoms with Gasteiger partial charge in [-0.05, 0) is 33.8 Å². The molecular formula is C23H26N8O5. The molecule has 188 valence electrons. The highest BCUT2D eigenvalue weighted by molar-refractivity contribution is 5.95. The number of pyridine rings is 1. The average Bonchev–Trinajstić information content (AvgIpc) is 3.40. The fourth-order valence-electron chi connectivity index (χ4n) is 3.49. The summed E-state index contributed by atoms with van der Waals surface area (Å²) in [6, 6.07) is 3.18. The summed E-state index contributed by atoms with van der Waals surface area (Å²) in [5.74, 6) is -0.769. The Bertz CT molecular complexity index is 1540. The molecule has 1 amide bonds. The molecule has 0 spiro atoms. The van der Waals surface area contributed by atoms with Crippen LogP contribution in [0.3, 0.4) is 0 Å². The maximum absolute atomic E-state index is 12.8. The maximum Gasteiger partial charge on any atom is 0.415 e. The summed E-state index contributed by atoms with van der Waals surface area (Å²) >= 11 is 0. The zero-order chi connectivity index (χ0) is 26.4. The van der Waals surface area contributed by atoms with Crippen LogP contribution >= 0.6 is 0 Å². The Hall–Kier alpha value is -4.68. The normalized spacial score (nSPS) is 11.5. The molecule has 0 saturated heterocycles. The number of carbonyl (C=O) groups is 2. The van der Waals surface area contributed by atoms with Gasteiger partial charge in [-0.25, -0.2) is 14.6 Å². The van der Waals surface area contributed by atoms with Crippen molar-refractivity contribution in [3.05, 3.63) is 58.4 Å². The number of ether oxygens (including phenoxy) is 1. The first-order chi connectivity index (χ1) is 16.8. The van der Waals surface area contributed by atoms with E-state index < -0.39 is 17.7 Å². The lowest BCUT2D eigenvalue weighted by Gasteiger charge is -2.25. The number of aromatic carboxylic acids is 1. The molecule has 13 nitrogen and oxygen atoms in total. The maximum atomic E-state index is 12.8. The van der Waals surface area contributed by atoms with Crippen LogP contribution in [0.2, 0.25) is 0 Å². The Balaban J connectivity index is 1.81. The van der Waals surface area contributed by atoms with Gasteiger partial charge in [0.15, 0.2) is 5.65 Å². The summed E-state index contributed by atoms with van der Waals surface area (Å²) in [6.45, 7) is 6.90. The molecule has 0 atom stereocenters. The van der Waals surface area contributed by atoms with Gasteiger partial charge in [0.1, 0.15) is 22.8 Å². The van der Waals surface area contributed by atoms with Gasteiger partial charge in [-0.2, -0.15) is 14.7 Å². The number of nitrogens with one attached hydrogen (secondary N) is 1. The number of hydrogen-bond acceptors (Lipinski definition) is 8. The van der Waals surface area contributed by atoms with Crippen LogP contribution in [-0.4, -0.2) is 58.8 Å². The van der Waals surface area contributed by atoms with Crippen LogP contribution in [0, 0.1) is 6.92 Å². The van der Waals surface area contributed by atoms with Crippen molar-refractivity contribution in [3.63, 3.8) is 0 Å². The van der Waals surface area contributed by atoms with E-state index in [9.17, 15) is 19.5 Å². The fourth-order valence-corrected chi connectivity index (χ4v) is 3.49. The predicted octanol–water partition coefficient (Wildman–Crippen LogP) is 2.74. The van der Waals surface area contributed by atoms with Crippen molar-refractivity contribution in [2.75, 3.05) is 17.3 Å². The second-order valence-corrected chi connectivity index (χ2v) is 9.22. The van der Waals surface area contributed by atoms with Gasteiger partial charge in [0.2, 0.25) is 0 Å². The number of fused-ring (bicyclic) bond motifs is 1. The number of carboxylic acids is 1. The first-order valence-corrected chi connectivity index (χ1v) is 10.9. The van der Waals surface area contributed by atoms with E-state index in [2.05, 4.69) is 20.5 Å². The van der Waals surface area contributed by atoms with Crippen LogP contribution in [0.5, 0.6) is 0 Å². The highest BCUT2D eigenvalue weighted by Crippen LogP contribution is 2.25. The van der Waals surface area contributed by atoms with Crippen molar-refractivity contribution in [1.29, 1.82) is 0 Å². The van der Waals surface area contributed by atoms with Gasteiger partial charge in [-0.15, -0.1) is 0 Å². The average molecular weight is 495 g/mol. The zero-order valence-electron chi connectivity index (χ0n) is 20.7. The van der Waals surface area contributed by atoms with Gasteiger partial charge < -0.3 is 15.2 Å². The van der Waals surface area contributed by atoms with Crippen LogP contribution < -0.4 is 15.8 Å². The Kier molecular flexibility index (Phi) is 6.00. The van der Waals surface area contributed by atoms with E-state index >= 15 is 0 Å². The lowest BCUT2D eigenvalue weighted by atomic mass is 10.2. The summed E-state index contributed by atoms with van der Waals surface area (Å²) in [7, 11) is 3.23. The summed E-state index contributed by atoms with van der Waals surface area (Å²) in [6.07, 6.45) is 5.36. The van der Waals surface area contributed by atoms with Gasteiger partial charge in [0.25, 0.3) is 5.56 Å². The SMILES string of the molecule is Cc1cc(Nc2cc(N(C)C(=O)OC(C)(C)C)n3ncc(C(=O)O)c3n2)cn(-c2cnn(C)c2)c1=O. The summed E-state index contributed by atoms with van der Waals surface area (Å²) in [5.41, 5.74) is 0.469. The second-order valence-electron chi connectivity index (χ2n) is 9.22. The molecular weight excluding hydrogens is 468 g/mol. The number of amides is 1. The highest BCUT2D eigenvalue weighted by Gasteiger charge is 2.25. The van der Waals surface area contributed by atoms with Crippen LogP contribution in [0.1, 0.15) is 36.7 Å². The Morgan fingerprint density at radius 1 is 1.14 bits per heavy atom. The minimum Gasteiger partial charge on any atom is -0.477 e. The summed E-state index contributed by atoms with van der Waals surface area (Å²) in [5, 5.41) is 20.9. The first kappa shape index (κ1) is 24.4. The minimum absolute atomic E-state index is 0.0233. The van der Waals surface area contributed by atoms with Crippen LogP contribution in [0.15, 0.2) is 41.7 Å². The molecule has 0 aliphatic carbocycles. The third kappa shape index (κ3) is 4.76. The molecule has 4 heterocycles. The second kappa shape index (κ2) is 8.83. The van der Waals surface area contributed by atoms with Gasteiger partial charge >= 0.3 is 12.1 Å². The molecule has 2 N–H and O–H groups in total. The molecule has 4 rings (SSSR count). The monoisotopic (exact) mass is 494 g/mol. The van der Waals surface area contributed by atoms with E-state index in [-0.39, 0.29) is 28.4 Å². The lowest BCUT2D eigenvalue weighted by Crippen LogP contribution is -2.35. The number of carboxylic acid groups (broad SMARTS) is 1. The van der Waals surface area contributed by atoms with Gasteiger partial charge in [-0.1, -0.05) is 0 Å². The van der Waals surface area contributed by atoms with Gasteiger partial charge in [-0.3, -0.25) is 18.9 Å². The van der Waals surface area contributed by atoms with E-state index in [0.717, 1.165) is 6.20 Å². The number of nitrogens with zero attached hydrogens (tertiary/aromatic N) is 7. The zero-order valence-corrected chi connectivity index (χ0v) is 20.7. The van der Waals surface area contributed by atoms with Crippen LogP contribution in [0.4, 0.5) is 22.1 Å². The summed E-state index contributed by atoms with van der Waals surface area (Å²) in [4.78, 5) is 42.9. The lowest BCUT2D eigenvalue weighted by molar-refractivity contribution is 0.0587. The Labute approximate surface area is 205 Å². The fraction of sp³-hybridized carbons (Fsp3) is 0.304. The van der Waals surface area contributed by atoms with Crippen molar-refractivity contribution in [3.8, 4) is 5.69 Å². The topological polar surface area (TPSA) is 149 Å². The van der Waals surface area contributed by atoms with Crippen molar-refractivity contribution in [1.82, 2.24) is 28.9 Å². The molecule has 0 bridgehead atoms. The van der Waals surface area contributed by atoms with Crippen molar-refractivity contribution >= 4 is 35.0 Å². The van der Waals surface area contributed by atoms with E-state index in [1.807, 2.05) is 0 Å². The highest BCUT2D eigenvalue weighted by atomic mass is 16.6. The molecule has 0 aromatic carbocycles. The third-order valence-electron chi connectivity index (χ3n) is 5.13. The molecule has 36 heavy (non-hydrogen) atoms. The number of aryl methyl sites for hydroxylation is 2. The molecule has 0 unspecified atom stereocenters. The number of carbonyl (C=O) groups excluding carboxylic acids is 1. The molecule has 4 aromatic heterocycles. The molecule has 0 saturated carbocycles. The van der Waals surface area contributed by atoms with E-state index in [4.69, 9.17) is 4.74 Å². The Morgan fingerprint density at radius 2 is 1.86 bits per heavy atom. The molecule has 0 aliphatic rings. The number of anilines is 3. The number of rotatable bonds is 5. The van der Waals surface area contributed by atoms with Gasteiger partial charge in [0.05, 0.1) is 23.8 Å². The first-order valence-electron chi connectivity index (χ1n) is 10.9. The van der Waals surface area contributed by atoms with Crippen LogP contribution in [0.25, 0.3) is 11.3 Å². The largest absolute Gasteiger partial charge is 0.477 e. The standard InChI is InChI=1S/C23H26N8O5/c1-13-7-14(11-30(20(13)32)15-9-24-28(5)12-15)26-17-8-18(29(6)22(35)36-23(2,3)4)31-19(27-17)16(10-25-31)21(33)34/h7-12H,1-6H3,(H,26,27)(H,33,34). The predicted molar refractivity (Wildman–Crippen MR) is 131 cm³/mol. The van der Waals surface area contributed by atoms with E-state index in [0.29, 0.717) is 16.9 Å². The molecule has 0 fully saturated rings. The molecule has 0 radical (unpaired) electrons. The number of hydrogen-bond donors (Lipinski definition) is 2. The molecule has 13 heteroatoms. The third-order valence-corrected chi connectivity index (χ3v) is 5.13.